The van der Waals surface area contributed by atoms with Gasteiger partial charge in [0.15, 0.2) is 0 Å². The van der Waals surface area contributed by atoms with Crippen LogP contribution in [0.2, 0.25) is 0 Å². The highest BCUT2D eigenvalue weighted by molar-refractivity contribution is 6.04. The third kappa shape index (κ3) is 7.00. The van der Waals surface area contributed by atoms with Gasteiger partial charge in [-0.3, -0.25) is 9.59 Å². The van der Waals surface area contributed by atoms with E-state index in [4.69, 9.17) is 4.74 Å². The van der Waals surface area contributed by atoms with Crippen molar-refractivity contribution in [2.45, 2.75) is 57.5 Å². The first-order valence-corrected chi connectivity index (χ1v) is 14.2. The molecule has 4 aromatic rings. The molecule has 3 N–H and O–H groups in total. The summed E-state index contributed by atoms with van der Waals surface area (Å²) in [5.41, 5.74) is 0.664. The first-order valence-electron chi connectivity index (χ1n) is 14.2. The lowest BCUT2D eigenvalue weighted by Crippen LogP contribution is -2.50. The number of aromatic nitrogens is 2. The molecule has 0 aliphatic carbocycles. The number of anilines is 1. The molecule has 9 nitrogen and oxygen atoms in total. The Balaban J connectivity index is 1.53. The third-order valence-electron chi connectivity index (χ3n) is 7.23. The molecule has 3 amide bonds. The number of alkyl carbamates (subject to hydrolysis) is 1. The zero-order chi connectivity index (χ0) is 32.5. The number of amides is 3. The first-order chi connectivity index (χ1) is 21.2. The van der Waals surface area contributed by atoms with E-state index in [1.807, 2.05) is 30.3 Å². The fraction of sp³-hybridized carbons (Fsp3) is 0.273. The number of para-hydroxylation sites is 1. The molecule has 2 heterocycles. The number of hydrogen-bond acceptors (Lipinski definition) is 5. The first kappa shape index (κ1) is 31.3. The molecule has 0 radical (unpaired) electrons. The standard InChI is InChI=1S/C33H32F3N5O4/c1-19(38-31(44)45-32(2,3)4)20-10-8-11-21(16-20)26-25-18-37-41(24-14-6-5-7-15-24)28(25)40-30(43)27(26)39-29(42)22-12-9-13-23(17-22)33(34,35)36/h5-19,26-27H,1-4H3,(H,38,44)(H,39,42)(H,40,43)/t19-,26?,27?/m0/s1. The van der Waals surface area contributed by atoms with Crippen LogP contribution in [0, 0.1) is 0 Å². The molecule has 3 atom stereocenters. The molecule has 0 fully saturated rings. The van der Waals surface area contributed by atoms with Crippen molar-refractivity contribution in [1.29, 1.82) is 0 Å². The molecule has 234 valence electrons. The van der Waals surface area contributed by atoms with Crippen molar-refractivity contribution in [3.05, 3.63) is 113 Å². The van der Waals surface area contributed by atoms with E-state index in [0.717, 1.165) is 18.2 Å². The highest BCUT2D eigenvalue weighted by Gasteiger charge is 2.41. The van der Waals surface area contributed by atoms with Gasteiger partial charge in [-0.05, 0) is 69.2 Å². The summed E-state index contributed by atoms with van der Waals surface area (Å²) in [6, 6.07) is 18.6. The molecular weight excluding hydrogens is 587 g/mol. The maximum Gasteiger partial charge on any atom is 0.416 e. The van der Waals surface area contributed by atoms with Crippen molar-refractivity contribution in [3.8, 4) is 5.69 Å². The number of carbonyl (C=O) groups is 3. The van der Waals surface area contributed by atoms with Crippen LogP contribution in [0.1, 0.15) is 72.3 Å². The zero-order valence-corrected chi connectivity index (χ0v) is 25.0. The van der Waals surface area contributed by atoms with Gasteiger partial charge < -0.3 is 20.7 Å². The maximum absolute atomic E-state index is 13.7. The molecule has 5 rings (SSSR count). The van der Waals surface area contributed by atoms with Crippen LogP contribution in [0.25, 0.3) is 5.69 Å². The molecule has 45 heavy (non-hydrogen) atoms. The molecule has 0 spiro atoms. The fourth-order valence-electron chi connectivity index (χ4n) is 5.18. The number of nitrogens with one attached hydrogen (secondary N) is 3. The van der Waals surface area contributed by atoms with E-state index in [1.165, 1.54) is 6.07 Å². The second kappa shape index (κ2) is 12.1. The normalized spacial score (nSPS) is 17.1. The second-order valence-corrected chi connectivity index (χ2v) is 11.7. The predicted octanol–water partition coefficient (Wildman–Crippen LogP) is 6.36. The van der Waals surface area contributed by atoms with Gasteiger partial charge in [-0.25, -0.2) is 9.48 Å². The van der Waals surface area contributed by atoms with E-state index >= 15 is 0 Å². The molecule has 2 unspecified atom stereocenters. The smallest absolute Gasteiger partial charge is 0.416 e. The highest BCUT2D eigenvalue weighted by Crippen LogP contribution is 2.39. The van der Waals surface area contributed by atoms with Crippen molar-refractivity contribution in [2.75, 3.05) is 5.32 Å². The molecule has 1 aromatic heterocycles. The molecule has 3 aromatic carbocycles. The lowest BCUT2D eigenvalue weighted by Gasteiger charge is -2.33. The van der Waals surface area contributed by atoms with Crippen LogP contribution in [-0.2, 0) is 15.7 Å². The Morgan fingerprint density at radius 3 is 2.38 bits per heavy atom. The minimum absolute atomic E-state index is 0.244. The van der Waals surface area contributed by atoms with E-state index in [-0.39, 0.29) is 5.56 Å². The number of carbonyl (C=O) groups excluding carboxylic acids is 3. The number of hydrogen-bond donors (Lipinski definition) is 3. The van der Waals surface area contributed by atoms with Gasteiger partial charge in [-0.1, -0.05) is 48.5 Å². The Labute approximate surface area is 257 Å². The third-order valence-corrected chi connectivity index (χ3v) is 7.23. The number of alkyl halides is 3. The average Bonchev–Trinajstić information content (AvgIpc) is 3.39. The minimum Gasteiger partial charge on any atom is -0.444 e. The summed E-state index contributed by atoms with van der Waals surface area (Å²) in [4.78, 5) is 39.5. The van der Waals surface area contributed by atoms with E-state index in [9.17, 15) is 27.6 Å². The molecule has 0 saturated carbocycles. The van der Waals surface area contributed by atoms with Crippen LogP contribution in [0.15, 0.2) is 85.1 Å². The summed E-state index contributed by atoms with van der Waals surface area (Å²) in [6.45, 7) is 7.05. The molecule has 0 bridgehead atoms. The summed E-state index contributed by atoms with van der Waals surface area (Å²) in [5, 5.41) is 12.8. The van der Waals surface area contributed by atoms with Crippen LogP contribution in [-0.4, -0.2) is 39.3 Å². The number of fused-ring (bicyclic) bond motifs is 1. The largest absolute Gasteiger partial charge is 0.444 e. The van der Waals surface area contributed by atoms with Crippen molar-refractivity contribution >= 4 is 23.7 Å². The van der Waals surface area contributed by atoms with E-state index in [0.29, 0.717) is 28.2 Å². The van der Waals surface area contributed by atoms with Gasteiger partial charge in [0.1, 0.15) is 17.5 Å². The van der Waals surface area contributed by atoms with Crippen molar-refractivity contribution in [3.63, 3.8) is 0 Å². The Kier molecular flexibility index (Phi) is 8.42. The van der Waals surface area contributed by atoms with Gasteiger partial charge in [-0.15, -0.1) is 0 Å². The molecule has 0 saturated heterocycles. The molecular formula is C33H32F3N5O4. The van der Waals surface area contributed by atoms with E-state index in [2.05, 4.69) is 21.0 Å². The zero-order valence-electron chi connectivity index (χ0n) is 25.0. The van der Waals surface area contributed by atoms with Gasteiger partial charge in [0, 0.05) is 17.0 Å². The lowest BCUT2D eigenvalue weighted by atomic mass is 9.82. The van der Waals surface area contributed by atoms with E-state index < -0.39 is 53.2 Å². The Morgan fingerprint density at radius 1 is 0.978 bits per heavy atom. The highest BCUT2D eigenvalue weighted by atomic mass is 19.4. The summed E-state index contributed by atoms with van der Waals surface area (Å²) in [7, 11) is 0. The van der Waals surface area contributed by atoms with Gasteiger partial charge in [0.05, 0.1) is 23.5 Å². The van der Waals surface area contributed by atoms with Crippen molar-refractivity contribution in [1.82, 2.24) is 20.4 Å². The quantitative estimate of drug-likeness (QED) is 0.233. The van der Waals surface area contributed by atoms with Gasteiger partial charge in [0.2, 0.25) is 5.91 Å². The summed E-state index contributed by atoms with van der Waals surface area (Å²) in [6.07, 6.45) is -3.66. The maximum atomic E-state index is 13.7. The van der Waals surface area contributed by atoms with Crippen LogP contribution < -0.4 is 16.0 Å². The number of ether oxygens (including phenoxy) is 1. The van der Waals surface area contributed by atoms with Crippen LogP contribution >= 0.6 is 0 Å². The van der Waals surface area contributed by atoms with Crippen LogP contribution in [0.3, 0.4) is 0 Å². The van der Waals surface area contributed by atoms with Gasteiger partial charge >= 0.3 is 12.3 Å². The van der Waals surface area contributed by atoms with Crippen LogP contribution in [0.5, 0.6) is 0 Å². The summed E-state index contributed by atoms with van der Waals surface area (Å²) in [5.74, 6) is -1.81. The number of nitrogens with zero attached hydrogens (tertiary/aromatic N) is 2. The molecule has 1 aliphatic rings. The van der Waals surface area contributed by atoms with E-state index in [1.54, 1.807) is 62.8 Å². The van der Waals surface area contributed by atoms with Gasteiger partial charge in [0.25, 0.3) is 5.91 Å². The van der Waals surface area contributed by atoms with Crippen molar-refractivity contribution in [2.24, 2.45) is 0 Å². The monoisotopic (exact) mass is 619 g/mol. The molecule has 12 heteroatoms. The minimum atomic E-state index is -4.65. The Bertz CT molecular complexity index is 1730. The Hall–Kier alpha value is -5.13. The number of rotatable bonds is 6. The summed E-state index contributed by atoms with van der Waals surface area (Å²) >= 11 is 0. The second-order valence-electron chi connectivity index (χ2n) is 11.7. The fourth-order valence-corrected chi connectivity index (χ4v) is 5.18. The number of benzene rings is 3. The van der Waals surface area contributed by atoms with Gasteiger partial charge in [-0.2, -0.15) is 18.3 Å². The predicted molar refractivity (Wildman–Crippen MR) is 161 cm³/mol. The lowest BCUT2D eigenvalue weighted by molar-refractivity contribution is -0.137. The Morgan fingerprint density at radius 2 is 1.69 bits per heavy atom. The van der Waals surface area contributed by atoms with Crippen LogP contribution in [0.4, 0.5) is 23.8 Å². The summed E-state index contributed by atoms with van der Waals surface area (Å²) < 4.78 is 47.1. The topological polar surface area (TPSA) is 114 Å². The SMILES string of the molecule is C[C@H](NC(=O)OC(C)(C)C)c1cccc(C2c3cnn(-c4ccccc4)c3NC(=O)C2NC(=O)c2cccc(C(F)(F)F)c2)c1. The number of halogens is 3. The average molecular weight is 620 g/mol. The van der Waals surface area contributed by atoms with Crippen molar-refractivity contribution < 1.29 is 32.3 Å². The molecule has 1 aliphatic heterocycles.